The topological polar surface area (TPSA) is 46.9 Å². The second-order valence-corrected chi connectivity index (χ2v) is 5.11. The number of rotatable bonds is 5. The minimum atomic E-state index is -0.330. The van der Waals surface area contributed by atoms with Gasteiger partial charge >= 0.3 is 0 Å². The lowest BCUT2D eigenvalue weighted by Crippen LogP contribution is -2.24. The molecule has 106 valence electrons. The highest BCUT2D eigenvalue weighted by atomic mass is 19.1. The molecule has 0 saturated carbocycles. The van der Waals surface area contributed by atoms with Crippen molar-refractivity contribution < 1.29 is 4.39 Å². The summed E-state index contributed by atoms with van der Waals surface area (Å²) >= 11 is 0. The van der Waals surface area contributed by atoms with E-state index in [4.69, 9.17) is 0 Å². The monoisotopic (exact) mass is 275 g/mol. The zero-order valence-corrected chi connectivity index (χ0v) is 11.6. The molecule has 1 aromatic carbocycles. The normalized spacial score (nSPS) is 10.8. The quantitative estimate of drug-likeness (QED) is 0.912. The van der Waals surface area contributed by atoms with Crippen molar-refractivity contribution in [1.82, 2.24) is 9.78 Å². The van der Waals surface area contributed by atoms with E-state index in [0.29, 0.717) is 17.2 Å². The van der Waals surface area contributed by atoms with Crippen LogP contribution in [0.25, 0.3) is 0 Å². The Bertz CT molecular complexity index is 637. The molecule has 0 amide bonds. The molecular weight excluding hydrogens is 257 g/mol. The molecule has 0 spiro atoms. The van der Waals surface area contributed by atoms with Crippen LogP contribution in [0.4, 0.5) is 10.1 Å². The van der Waals surface area contributed by atoms with Crippen LogP contribution in [0.2, 0.25) is 0 Å². The van der Waals surface area contributed by atoms with E-state index in [1.165, 1.54) is 16.8 Å². The summed E-state index contributed by atoms with van der Waals surface area (Å²) in [5, 5.41) is 7.21. The predicted molar refractivity (Wildman–Crippen MR) is 77.3 cm³/mol. The average Bonchev–Trinajstić information content (AvgIpc) is 2.41. The molecule has 0 fully saturated rings. The van der Waals surface area contributed by atoms with E-state index in [1.807, 2.05) is 0 Å². The van der Waals surface area contributed by atoms with Gasteiger partial charge in [0.05, 0.1) is 18.4 Å². The summed E-state index contributed by atoms with van der Waals surface area (Å²) in [5.74, 6) is 0.152. The molecular formula is C15H18FN3O. The molecule has 4 nitrogen and oxygen atoms in total. The number of anilines is 1. The molecule has 20 heavy (non-hydrogen) atoms. The van der Waals surface area contributed by atoms with E-state index in [1.54, 1.807) is 24.4 Å². The molecule has 2 aromatic rings. The summed E-state index contributed by atoms with van der Waals surface area (Å²) in [5.41, 5.74) is 0.889. The highest BCUT2D eigenvalue weighted by molar-refractivity contribution is 5.38. The van der Waals surface area contributed by atoms with Crippen LogP contribution in [0.3, 0.4) is 0 Å². The maximum Gasteiger partial charge on any atom is 0.269 e. The van der Waals surface area contributed by atoms with Gasteiger partial charge in [-0.25, -0.2) is 9.07 Å². The van der Waals surface area contributed by atoms with Crippen molar-refractivity contribution in [3.63, 3.8) is 0 Å². The minimum Gasteiger partial charge on any atom is -0.383 e. The highest BCUT2D eigenvalue weighted by Gasteiger charge is 2.05. The van der Waals surface area contributed by atoms with Crippen molar-refractivity contribution in [2.45, 2.75) is 20.4 Å². The molecule has 0 aliphatic rings. The van der Waals surface area contributed by atoms with Crippen LogP contribution in [-0.4, -0.2) is 16.3 Å². The summed E-state index contributed by atoms with van der Waals surface area (Å²) in [6.07, 6.45) is 1.59. The largest absolute Gasteiger partial charge is 0.383 e. The van der Waals surface area contributed by atoms with Gasteiger partial charge in [0.1, 0.15) is 5.82 Å². The van der Waals surface area contributed by atoms with Gasteiger partial charge in [-0.2, -0.15) is 5.10 Å². The Morgan fingerprint density at radius 1 is 1.35 bits per heavy atom. The first-order chi connectivity index (χ1) is 9.56. The highest BCUT2D eigenvalue weighted by Crippen LogP contribution is 2.07. The Labute approximate surface area is 117 Å². The van der Waals surface area contributed by atoms with Gasteiger partial charge in [0.25, 0.3) is 5.56 Å². The summed E-state index contributed by atoms with van der Waals surface area (Å²) in [6.45, 7) is 5.08. The molecule has 0 saturated heterocycles. The van der Waals surface area contributed by atoms with Crippen LogP contribution >= 0.6 is 0 Å². The molecule has 0 aliphatic carbocycles. The molecule has 1 aromatic heterocycles. The smallest absolute Gasteiger partial charge is 0.269 e. The van der Waals surface area contributed by atoms with Crippen LogP contribution in [0.1, 0.15) is 19.4 Å². The first-order valence-corrected chi connectivity index (χ1v) is 6.60. The Kier molecular flexibility index (Phi) is 4.50. The summed E-state index contributed by atoms with van der Waals surface area (Å²) in [4.78, 5) is 11.9. The van der Waals surface area contributed by atoms with E-state index >= 15 is 0 Å². The third-order valence-corrected chi connectivity index (χ3v) is 2.86. The molecule has 1 N–H and O–H groups in total. The second kappa shape index (κ2) is 6.32. The third kappa shape index (κ3) is 3.66. The molecule has 2 rings (SSSR count). The summed E-state index contributed by atoms with van der Waals surface area (Å²) in [6, 6.07) is 7.86. The molecule has 0 atom stereocenters. The maximum absolute atomic E-state index is 13.5. The molecule has 0 unspecified atom stereocenters. The number of halogens is 1. The number of hydrogen-bond acceptors (Lipinski definition) is 3. The van der Waals surface area contributed by atoms with Gasteiger partial charge in [-0.15, -0.1) is 0 Å². The zero-order valence-electron chi connectivity index (χ0n) is 11.6. The first kappa shape index (κ1) is 14.2. The van der Waals surface area contributed by atoms with Gasteiger partial charge < -0.3 is 5.32 Å². The fourth-order valence-corrected chi connectivity index (χ4v) is 1.76. The number of nitrogens with one attached hydrogen (secondary N) is 1. The molecule has 5 heteroatoms. The van der Waals surface area contributed by atoms with Crippen LogP contribution in [-0.2, 0) is 6.54 Å². The number of nitrogens with zero attached hydrogens (tertiary/aromatic N) is 2. The standard InChI is InChI=1S/C15H18FN3O/c1-11(2)8-17-13-7-15(20)19(18-9-13)10-12-5-3-4-6-14(12)16/h3-7,9,11,17H,8,10H2,1-2H3. The van der Waals surface area contributed by atoms with Gasteiger partial charge in [-0.3, -0.25) is 4.79 Å². The van der Waals surface area contributed by atoms with Gasteiger partial charge in [0.15, 0.2) is 0 Å². The van der Waals surface area contributed by atoms with Crippen LogP contribution in [0.15, 0.2) is 41.3 Å². The number of aromatic nitrogens is 2. The fraction of sp³-hybridized carbons (Fsp3) is 0.333. The van der Waals surface area contributed by atoms with E-state index in [0.717, 1.165) is 6.54 Å². The van der Waals surface area contributed by atoms with Crippen LogP contribution in [0, 0.1) is 11.7 Å². The van der Waals surface area contributed by atoms with Crippen molar-refractivity contribution in [3.05, 3.63) is 58.3 Å². The minimum absolute atomic E-state index is 0.135. The Morgan fingerprint density at radius 2 is 2.10 bits per heavy atom. The number of hydrogen-bond donors (Lipinski definition) is 1. The van der Waals surface area contributed by atoms with E-state index in [-0.39, 0.29) is 17.9 Å². The average molecular weight is 275 g/mol. The zero-order chi connectivity index (χ0) is 14.5. The van der Waals surface area contributed by atoms with E-state index in [2.05, 4.69) is 24.3 Å². The molecule has 0 radical (unpaired) electrons. The van der Waals surface area contributed by atoms with Crippen molar-refractivity contribution in [3.8, 4) is 0 Å². The lowest BCUT2D eigenvalue weighted by Gasteiger charge is -2.10. The summed E-state index contributed by atoms with van der Waals surface area (Å²) in [7, 11) is 0. The van der Waals surface area contributed by atoms with Crippen molar-refractivity contribution in [1.29, 1.82) is 0 Å². The van der Waals surface area contributed by atoms with Crippen LogP contribution in [0.5, 0.6) is 0 Å². The first-order valence-electron chi connectivity index (χ1n) is 6.60. The second-order valence-electron chi connectivity index (χ2n) is 5.11. The molecule has 1 heterocycles. The van der Waals surface area contributed by atoms with Gasteiger partial charge in [-0.05, 0) is 12.0 Å². The molecule has 0 aliphatic heterocycles. The molecule has 0 bridgehead atoms. The Hall–Kier alpha value is -2.17. The Balaban J connectivity index is 2.14. The number of benzene rings is 1. The fourth-order valence-electron chi connectivity index (χ4n) is 1.76. The van der Waals surface area contributed by atoms with Gasteiger partial charge in [0, 0.05) is 18.2 Å². The summed E-state index contributed by atoms with van der Waals surface area (Å²) < 4.78 is 14.8. The van der Waals surface area contributed by atoms with Crippen molar-refractivity contribution >= 4 is 5.69 Å². The Morgan fingerprint density at radius 3 is 2.75 bits per heavy atom. The van der Waals surface area contributed by atoms with Crippen molar-refractivity contribution in [2.75, 3.05) is 11.9 Å². The lowest BCUT2D eigenvalue weighted by atomic mass is 10.2. The third-order valence-electron chi connectivity index (χ3n) is 2.86. The van der Waals surface area contributed by atoms with Crippen LogP contribution < -0.4 is 10.9 Å². The van der Waals surface area contributed by atoms with E-state index < -0.39 is 0 Å². The lowest BCUT2D eigenvalue weighted by molar-refractivity contribution is 0.572. The SMILES string of the molecule is CC(C)CNc1cnn(Cc2ccccc2F)c(=O)c1. The van der Waals surface area contributed by atoms with Crippen molar-refractivity contribution in [2.24, 2.45) is 5.92 Å². The maximum atomic E-state index is 13.5. The van der Waals surface area contributed by atoms with E-state index in [9.17, 15) is 9.18 Å². The van der Waals surface area contributed by atoms with Gasteiger partial charge in [-0.1, -0.05) is 32.0 Å². The predicted octanol–water partition coefficient (Wildman–Crippen LogP) is 2.50. The van der Waals surface area contributed by atoms with Gasteiger partial charge in [0.2, 0.25) is 0 Å².